The van der Waals surface area contributed by atoms with Gasteiger partial charge in [-0.25, -0.2) is 0 Å². The van der Waals surface area contributed by atoms with Crippen molar-refractivity contribution in [2.24, 2.45) is 0 Å². The minimum atomic E-state index is 0.858. The van der Waals surface area contributed by atoms with Gasteiger partial charge in [-0.1, -0.05) is 97.1 Å². The van der Waals surface area contributed by atoms with Crippen LogP contribution < -0.4 is 4.90 Å². The summed E-state index contributed by atoms with van der Waals surface area (Å²) in [4.78, 5) is 6.78. The molecular weight excluding hydrogens is 617 g/mol. The number of benzene rings is 7. The Morgan fingerprint density at radius 2 is 1.24 bits per heavy atom. The van der Waals surface area contributed by atoms with E-state index in [4.69, 9.17) is 4.42 Å². The third-order valence-corrected chi connectivity index (χ3v) is 10.7. The molecule has 0 unspecified atom stereocenters. The first-order chi connectivity index (χ1) is 24.3. The van der Waals surface area contributed by atoms with E-state index in [9.17, 15) is 0 Å². The molecule has 0 saturated carbocycles. The molecule has 0 aliphatic carbocycles. The van der Waals surface area contributed by atoms with Crippen LogP contribution in [0.2, 0.25) is 0 Å². The molecule has 230 valence electrons. The molecule has 0 aliphatic rings. The summed E-state index contributed by atoms with van der Waals surface area (Å²) in [5.74, 6) is 0. The quantitative estimate of drug-likeness (QED) is 0.187. The summed E-state index contributed by atoms with van der Waals surface area (Å²) in [6.45, 7) is 0. The van der Waals surface area contributed by atoms with Gasteiger partial charge in [0.1, 0.15) is 11.2 Å². The topological polar surface area (TPSA) is 29.3 Å². The van der Waals surface area contributed by atoms with Crippen LogP contribution in [-0.2, 0) is 0 Å². The number of hydrogen-bond acceptors (Lipinski definition) is 4. The molecule has 3 aromatic heterocycles. The molecule has 49 heavy (non-hydrogen) atoms. The highest BCUT2D eigenvalue weighted by Gasteiger charge is 2.19. The molecule has 7 aromatic carbocycles. The average Bonchev–Trinajstić information content (AvgIpc) is 3.74. The lowest BCUT2D eigenvalue weighted by Gasteiger charge is -2.28. The largest absolute Gasteiger partial charge is 0.456 e. The molecule has 0 bridgehead atoms. The maximum absolute atomic E-state index is 6.17. The van der Waals surface area contributed by atoms with Crippen molar-refractivity contribution in [2.45, 2.75) is 0 Å². The third kappa shape index (κ3) is 4.61. The van der Waals surface area contributed by atoms with Crippen LogP contribution in [0.15, 0.2) is 175 Å². The predicted molar refractivity (Wildman–Crippen MR) is 207 cm³/mol. The lowest BCUT2D eigenvalue weighted by atomic mass is 9.98. The highest BCUT2D eigenvalue weighted by atomic mass is 32.1. The van der Waals surface area contributed by atoms with Gasteiger partial charge in [-0.3, -0.25) is 4.98 Å². The zero-order valence-corrected chi connectivity index (χ0v) is 27.2. The van der Waals surface area contributed by atoms with Gasteiger partial charge in [0.25, 0.3) is 0 Å². The van der Waals surface area contributed by atoms with E-state index in [2.05, 4.69) is 162 Å². The number of aromatic nitrogens is 1. The fourth-order valence-corrected chi connectivity index (χ4v) is 8.32. The molecule has 0 atom stereocenters. The molecule has 0 saturated heterocycles. The lowest BCUT2D eigenvalue weighted by Crippen LogP contribution is -2.11. The summed E-state index contributed by atoms with van der Waals surface area (Å²) in [5, 5.41) is 7.07. The molecule has 0 N–H and O–H groups in total. The Kier molecular flexibility index (Phi) is 6.36. The number of para-hydroxylation sites is 1. The van der Waals surface area contributed by atoms with Crippen molar-refractivity contribution >= 4 is 81.3 Å². The summed E-state index contributed by atoms with van der Waals surface area (Å²) in [7, 11) is 0. The standard InChI is InChI=1S/C45H28N2OS/c1-2-8-30(9-3-1)35-10-4-6-12-40(35)47(34-21-23-44-38(27-34)36-11-5-7-13-43(36)49-44)33-19-16-29(17-20-33)32-15-14-31-18-22-42-45(37(31)26-32)39-28-46-25-24-41(39)48-42/h1-28H. The monoisotopic (exact) mass is 644 g/mol. The first-order valence-electron chi connectivity index (χ1n) is 16.4. The van der Waals surface area contributed by atoms with E-state index in [0.29, 0.717) is 0 Å². The van der Waals surface area contributed by atoms with Crippen LogP contribution in [0.1, 0.15) is 0 Å². The van der Waals surface area contributed by atoms with Gasteiger partial charge in [-0.2, -0.15) is 0 Å². The zero-order chi connectivity index (χ0) is 32.3. The fraction of sp³-hybridized carbons (Fsp3) is 0. The Bertz CT molecular complexity index is 2830. The van der Waals surface area contributed by atoms with Gasteiger partial charge in [0.05, 0.1) is 5.69 Å². The molecule has 0 amide bonds. The second-order valence-electron chi connectivity index (χ2n) is 12.4. The molecule has 3 heterocycles. The van der Waals surface area contributed by atoms with Gasteiger partial charge in [-0.15, -0.1) is 11.3 Å². The van der Waals surface area contributed by atoms with Crippen LogP contribution in [0, 0.1) is 0 Å². The van der Waals surface area contributed by atoms with Crippen molar-refractivity contribution in [3.05, 3.63) is 170 Å². The smallest absolute Gasteiger partial charge is 0.138 e. The van der Waals surface area contributed by atoms with E-state index < -0.39 is 0 Å². The summed E-state index contributed by atoms with van der Waals surface area (Å²) < 4.78 is 8.78. The minimum absolute atomic E-state index is 0.858. The van der Waals surface area contributed by atoms with E-state index >= 15 is 0 Å². The molecule has 0 fully saturated rings. The van der Waals surface area contributed by atoms with Gasteiger partial charge >= 0.3 is 0 Å². The Morgan fingerprint density at radius 1 is 0.490 bits per heavy atom. The minimum Gasteiger partial charge on any atom is -0.456 e. The molecule has 0 aliphatic heterocycles. The second-order valence-corrected chi connectivity index (χ2v) is 13.5. The second kappa shape index (κ2) is 11.2. The van der Waals surface area contributed by atoms with Gasteiger partial charge in [0.15, 0.2) is 0 Å². The number of anilines is 3. The number of thiophene rings is 1. The van der Waals surface area contributed by atoms with Crippen LogP contribution >= 0.6 is 11.3 Å². The van der Waals surface area contributed by atoms with Gasteiger partial charge in [0, 0.05) is 60.3 Å². The molecular formula is C45H28N2OS. The number of furan rings is 1. The Labute approximate surface area is 286 Å². The lowest BCUT2D eigenvalue weighted by molar-refractivity contribution is 0.668. The number of pyridine rings is 1. The van der Waals surface area contributed by atoms with E-state index in [-0.39, 0.29) is 0 Å². The summed E-state index contributed by atoms with van der Waals surface area (Å²) in [5.41, 5.74) is 9.78. The maximum Gasteiger partial charge on any atom is 0.138 e. The summed E-state index contributed by atoms with van der Waals surface area (Å²) >= 11 is 1.85. The van der Waals surface area contributed by atoms with E-state index in [1.807, 2.05) is 23.6 Å². The Hall–Kier alpha value is -6.23. The maximum atomic E-state index is 6.17. The third-order valence-electron chi connectivity index (χ3n) is 9.56. The van der Waals surface area contributed by atoms with Crippen LogP contribution in [0.4, 0.5) is 17.1 Å². The SMILES string of the molecule is c1ccc(-c2ccccc2N(c2ccc(-c3ccc4ccc5oc6ccncc6c5c4c3)cc2)c2ccc3sc4ccccc4c3c2)cc1. The molecule has 10 aromatic rings. The van der Waals surface area contributed by atoms with Gasteiger partial charge in [-0.05, 0) is 88.1 Å². The number of fused-ring (bicyclic) bond motifs is 8. The van der Waals surface area contributed by atoms with Gasteiger partial charge in [0.2, 0.25) is 0 Å². The van der Waals surface area contributed by atoms with Gasteiger partial charge < -0.3 is 9.32 Å². The van der Waals surface area contributed by atoms with Crippen LogP contribution in [0.5, 0.6) is 0 Å². The Balaban J connectivity index is 1.13. The van der Waals surface area contributed by atoms with E-state index in [0.717, 1.165) is 50.1 Å². The molecule has 0 spiro atoms. The first-order valence-corrected chi connectivity index (χ1v) is 17.3. The molecule has 0 radical (unpaired) electrons. The van der Waals surface area contributed by atoms with Crippen molar-refractivity contribution in [2.75, 3.05) is 4.90 Å². The number of rotatable bonds is 5. The molecule has 3 nitrogen and oxygen atoms in total. The van der Waals surface area contributed by atoms with E-state index in [1.54, 1.807) is 6.20 Å². The summed E-state index contributed by atoms with van der Waals surface area (Å²) in [6, 6.07) is 56.7. The van der Waals surface area contributed by atoms with Crippen molar-refractivity contribution in [1.82, 2.24) is 4.98 Å². The van der Waals surface area contributed by atoms with Crippen LogP contribution in [0.25, 0.3) is 75.1 Å². The number of nitrogens with zero attached hydrogens (tertiary/aromatic N) is 2. The first kappa shape index (κ1) is 27.8. The fourth-order valence-electron chi connectivity index (χ4n) is 7.23. The van der Waals surface area contributed by atoms with Crippen molar-refractivity contribution in [3.8, 4) is 22.3 Å². The highest BCUT2D eigenvalue weighted by Crippen LogP contribution is 2.44. The van der Waals surface area contributed by atoms with Crippen molar-refractivity contribution in [3.63, 3.8) is 0 Å². The van der Waals surface area contributed by atoms with E-state index in [1.165, 1.54) is 42.1 Å². The Morgan fingerprint density at radius 3 is 2.16 bits per heavy atom. The van der Waals surface area contributed by atoms with Crippen molar-refractivity contribution in [1.29, 1.82) is 0 Å². The van der Waals surface area contributed by atoms with Crippen LogP contribution in [0.3, 0.4) is 0 Å². The predicted octanol–water partition coefficient (Wildman–Crippen LogP) is 13.3. The highest BCUT2D eigenvalue weighted by molar-refractivity contribution is 7.25. The molecule has 10 rings (SSSR count). The number of hydrogen-bond donors (Lipinski definition) is 0. The van der Waals surface area contributed by atoms with Crippen molar-refractivity contribution < 1.29 is 4.42 Å². The molecule has 4 heteroatoms. The zero-order valence-electron chi connectivity index (χ0n) is 26.4. The summed E-state index contributed by atoms with van der Waals surface area (Å²) in [6.07, 6.45) is 3.68. The van der Waals surface area contributed by atoms with Crippen LogP contribution in [-0.4, -0.2) is 4.98 Å². The average molecular weight is 645 g/mol. The normalized spacial score (nSPS) is 11.7.